The van der Waals surface area contributed by atoms with E-state index < -0.39 is 5.82 Å². The molecule has 2 saturated heterocycles. The molecule has 7 heteroatoms. The number of amides is 3. The smallest absolute Gasteiger partial charge is 0.325 e. The van der Waals surface area contributed by atoms with Crippen molar-refractivity contribution in [3.63, 3.8) is 0 Å². The number of urea groups is 1. The minimum atomic E-state index is -0.429. The van der Waals surface area contributed by atoms with E-state index in [1.807, 2.05) is 4.90 Å². The van der Waals surface area contributed by atoms with Gasteiger partial charge < -0.3 is 14.7 Å². The van der Waals surface area contributed by atoms with E-state index in [0.717, 1.165) is 13.1 Å². The molecule has 0 atom stereocenters. The first-order valence-corrected chi connectivity index (χ1v) is 10.3. The number of anilines is 2. The third kappa shape index (κ3) is 3.97. The monoisotopic (exact) mass is 410 g/mol. The molecule has 6 nitrogen and oxygen atoms in total. The Kier molecular flexibility index (Phi) is 5.61. The van der Waals surface area contributed by atoms with E-state index in [1.54, 1.807) is 18.2 Å². The van der Waals surface area contributed by atoms with Crippen LogP contribution in [0.4, 0.5) is 20.6 Å². The molecule has 0 aromatic heterocycles. The van der Waals surface area contributed by atoms with Gasteiger partial charge in [-0.05, 0) is 43.2 Å². The van der Waals surface area contributed by atoms with Gasteiger partial charge in [0.1, 0.15) is 12.4 Å². The second-order valence-corrected chi connectivity index (χ2v) is 7.96. The van der Waals surface area contributed by atoms with Crippen LogP contribution in [-0.4, -0.2) is 67.6 Å². The Hall–Kier alpha value is -3.09. The highest BCUT2D eigenvalue weighted by Crippen LogP contribution is 2.24. The second kappa shape index (κ2) is 8.34. The van der Waals surface area contributed by atoms with Gasteiger partial charge in [0.15, 0.2) is 0 Å². The Morgan fingerprint density at radius 3 is 2.40 bits per heavy atom. The van der Waals surface area contributed by atoms with Crippen molar-refractivity contribution in [2.24, 2.45) is 0 Å². The van der Waals surface area contributed by atoms with Crippen LogP contribution in [0.3, 0.4) is 0 Å². The summed E-state index contributed by atoms with van der Waals surface area (Å²) in [5.74, 6) is -0.485. The van der Waals surface area contributed by atoms with Gasteiger partial charge in [-0.15, -0.1) is 0 Å². The van der Waals surface area contributed by atoms with Crippen molar-refractivity contribution in [2.45, 2.75) is 13.8 Å². The highest BCUT2D eigenvalue weighted by atomic mass is 19.1. The normalized spacial score (nSPS) is 17.1. The van der Waals surface area contributed by atoms with Crippen LogP contribution in [0.15, 0.2) is 42.5 Å². The number of carbonyl (C=O) groups is 2. The van der Waals surface area contributed by atoms with Crippen LogP contribution in [0.1, 0.15) is 11.1 Å². The van der Waals surface area contributed by atoms with Crippen LogP contribution in [-0.2, 0) is 4.79 Å². The fourth-order valence-corrected chi connectivity index (χ4v) is 4.14. The number of hydrogen-bond acceptors (Lipinski definition) is 3. The predicted octanol–water partition coefficient (Wildman–Crippen LogP) is 3.03. The summed E-state index contributed by atoms with van der Waals surface area (Å²) in [6.07, 6.45) is 0. The first-order chi connectivity index (χ1) is 14.4. The lowest BCUT2D eigenvalue weighted by atomic mass is 10.1. The summed E-state index contributed by atoms with van der Waals surface area (Å²) in [5, 5.41) is 0. The molecular weight excluding hydrogens is 383 g/mol. The number of benzene rings is 2. The largest absolute Gasteiger partial charge is 0.368 e. The van der Waals surface area contributed by atoms with E-state index in [4.69, 9.17) is 0 Å². The van der Waals surface area contributed by atoms with E-state index in [-0.39, 0.29) is 24.2 Å². The lowest BCUT2D eigenvalue weighted by molar-refractivity contribution is -0.131. The number of nitrogens with zero attached hydrogens (tertiary/aromatic N) is 4. The number of carbonyl (C=O) groups excluding carboxylic acids is 2. The van der Waals surface area contributed by atoms with Crippen LogP contribution in [0.2, 0.25) is 0 Å². The van der Waals surface area contributed by atoms with Gasteiger partial charge in [0.25, 0.3) is 0 Å². The molecule has 0 aliphatic carbocycles. The van der Waals surface area contributed by atoms with Crippen molar-refractivity contribution in [3.8, 4) is 0 Å². The standard InChI is InChI=1S/C23H27FN4O2/c1-17-7-8-18(2)21(15-17)25-9-11-26(12-10-25)22(29)16-27-13-14-28(23(27)30)20-6-4-3-5-19(20)24/h3-8,15H,9-14,16H2,1-2H3. The first kappa shape index (κ1) is 20.2. The highest BCUT2D eigenvalue weighted by molar-refractivity contribution is 5.96. The van der Waals surface area contributed by atoms with Gasteiger partial charge in [-0.3, -0.25) is 9.69 Å². The molecule has 158 valence electrons. The van der Waals surface area contributed by atoms with E-state index in [2.05, 4.69) is 36.9 Å². The third-order valence-corrected chi connectivity index (χ3v) is 5.90. The zero-order valence-corrected chi connectivity index (χ0v) is 17.5. The molecule has 0 spiro atoms. The summed E-state index contributed by atoms with van der Waals surface area (Å²) in [4.78, 5) is 32.5. The molecule has 2 aliphatic heterocycles. The Morgan fingerprint density at radius 2 is 1.67 bits per heavy atom. The summed E-state index contributed by atoms with van der Waals surface area (Å²) in [5.41, 5.74) is 3.94. The van der Waals surface area contributed by atoms with Crippen LogP contribution >= 0.6 is 0 Å². The number of rotatable bonds is 4. The predicted molar refractivity (Wildman–Crippen MR) is 115 cm³/mol. The summed E-state index contributed by atoms with van der Waals surface area (Å²) in [7, 11) is 0. The molecule has 0 bridgehead atoms. The van der Waals surface area contributed by atoms with Crippen molar-refractivity contribution in [3.05, 3.63) is 59.4 Å². The van der Waals surface area contributed by atoms with E-state index in [0.29, 0.717) is 26.2 Å². The topological polar surface area (TPSA) is 47.1 Å². The van der Waals surface area contributed by atoms with E-state index >= 15 is 0 Å². The second-order valence-electron chi connectivity index (χ2n) is 7.96. The van der Waals surface area contributed by atoms with Crippen LogP contribution < -0.4 is 9.80 Å². The molecule has 0 N–H and O–H groups in total. The van der Waals surface area contributed by atoms with E-state index in [9.17, 15) is 14.0 Å². The molecule has 3 amide bonds. The fraction of sp³-hybridized carbons (Fsp3) is 0.391. The number of para-hydroxylation sites is 1. The molecule has 2 aromatic carbocycles. The lowest BCUT2D eigenvalue weighted by Crippen LogP contribution is -2.51. The molecule has 0 saturated carbocycles. The highest BCUT2D eigenvalue weighted by Gasteiger charge is 2.33. The van der Waals surface area contributed by atoms with Crippen molar-refractivity contribution < 1.29 is 14.0 Å². The minimum absolute atomic E-state index is 0.0350. The van der Waals surface area contributed by atoms with Gasteiger partial charge in [-0.25, -0.2) is 9.18 Å². The number of hydrogen-bond donors (Lipinski definition) is 0. The quantitative estimate of drug-likeness (QED) is 0.779. The average molecular weight is 410 g/mol. The molecule has 2 heterocycles. The van der Waals surface area contributed by atoms with Gasteiger partial charge in [-0.1, -0.05) is 24.3 Å². The molecule has 30 heavy (non-hydrogen) atoms. The third-order valence-electron chi connectivity index (χ3n) is 5.90. The van der Waals surface area contributed by atoms with Gasteiger partial charge in [-0.2, -0.15) is 0 Å². The molecule has 4 rings (SSSR count). The van der Waals surface area contributed by atoms with Crippen molar-refractivity contribution in [1.82, 2.24) is 9.80 Å². The van der Waals surface area contributed by atoms with Crippen molar-refractivity contribution in [2.75, 3.05) is 55.6 Å². The lowest BCUT2D eigenvalue weighted by Gasteiger charge is -2.37. The van der Waals surface area contributed by atoms with Crippen molar-refractivity contribution in [1.29, 1.82) is 0 Å². The first-order valence-electron chi connectivity index (χ1n) is 10.3. The van der Waals surface area contributed by atoms with Gasteiger partial charge in [0.05, 0.1) is 5.69 Å². The van der Waals surface area contributed by atoms with Crippen LogP contribution in [0.5, 0.6) is 0 Å². The summed E-state index contributed by atoms with van der Waals surface area (Å²) in [6.45, 7) is 7.82. The average Bonchev–Trinajstić information content (AvgIpc) is 3.10. The maximum Gasteiger partial charge on any atom is 0.325 e. The van der Waals surface area contributed by atoms with Gasteiger partial charge in [0.2, 0.25) is 5.91 Å². The maximum atomic E-state index is 14.0. The van der Waals surface area contributed by atoms with Gasteiger partial charge in [0, 0.05) is 45.0 Å². The van der Waals surface area contributed by atoms with E-state index in [1.165, 1.54) is 32.7 Å². The summed E-state index contributed by atoms with van der Waals surface area (Å²) >= 11 is 0. The zero-order valence-electron chi connectivity index (χ0n) is 17.5. The molecular formula is C23H27FN4O2. The molecule has 0 unspecified atom stereocenters. The number of aryl methyl sites for hydroxylation is 2. The Balaban J connectivity index is 1.34. The fourth-order valence-electron chi connectivity index (χ4n) is 4.14. The molecule has 2 aliphatic rings. The van der Waals surface area contributed by atoms with Crippen LogP contribution in [0, 0.1) is 19.7 Å². The Morgan fingerprint density at radius 1 is 0.933 bits per heavy atom. The molecule has 2 aromatic rings. The minimum Gasteiger partial charge on any atom is -0.368 e. The summed E-state index contributed by atoms with van der Waals surface area (Å²) < 4.78 is 14.0. The molecule has 0 radical (unpaired) electrons. The number of piperazine rings is 1. The van der Waals surface area contributed by atoms with Crippen molar-refractivity contribution >= 4 is 23.3 Å². The Labute approximate surface area is 176 Å². The molecule has 2 fully saturated rings. The SMILES string of the molecule is Cc1ccc(C)c(N2CCN(C(=O)CN3CCN(c4ccccc4F)C3=O)CC2)c1. The van der Waals surface area contributed by atoms with Gasteiger partial charge >= 0.3 is 6.03 Å². The Bertz CT molecular complexity index is 956. The maximum absolute atomic E-state index is 14.0. The number of halogens is 1. The van der Waals surface area contributed by atoms with Crippen LogP contribution in [0.25, 0.3) is 0 Å². The zero-order chi connectivity index (χ0) is 21.3. The summed E-state index contributed by atoms with van der Waals surface area (Å²) in [6, 6.07) is 12.3.